The first-order valence-corrected chi connectivity index (χ1v) is 8.87. The number of ether oxygens (including phenoxy) is 1. The van der Waals surface area contributed by atoms with Gasteiger partial charge in [-0.15, -0.1) is 0 Å². The molecule has 0 spiro atoms. The monoisotopic (exact) mass is 312 g/mol. The number of hydrogen-bond donors (Lipinski definition) is 0. The maximum atomic E-state index is 5.67. The Bertz CT molecular complexity index is 599. The molecule has 2 aliphatic heterocycles. The molecule has 0 radical (unpaired) electrons. The molecule has 124 valence electrons. The quantitative estimate of drug-likeness (QED) is 0.850. The summed E-state index contributed by atoms with van der Waals surface area (Å²) in [6.07, 6.45) is 6.89. The summed E-state index contributed by atoms with van der Waals surface area (Å²) in [5, 5.41) is 0. The van der Waals surface area contributed by atoms with Gasteiger partial charge in [-0.25, -0.2) is 0 Å². The minimum Gasteiger partial charge on any atom is -0.381 e. The Kier molecular flexibility index (Phi) is 3.73. The lowest BCUT2D eigenvalue weighted by Crippen LogP contribution is -2.43. The van der Waals surface area contributed by atoms with Crippen molar-refractivity contribution in [1.82, 2.24) is 9.80 Å². The van der Waals surface area contributed by atoms with Crippen LogP contribution in [0.3, 0.4) is 0 Å². The third kappa shape index (κ3) is 2.33. The van der Waals surface area contributed by atoms with E-state index in [1.165, 1.54) is 24.9 Å². The van der Waals surface area contributed by atoms with Crippen LogP contribution in [0.5, 0.6) is 0 Å². The molecule has 2 fully saturated rings. The van der Waals surface area contributed by atoms with E-state index >= 15 is 0 Å². The molecule has 3 nitrogen and oxygen atoms in total. The third-order valence-electron chi connectivity index (χ3n) is 6.45. The van der Waals surface area contributed by atoms with E-state index in [9.17, 15) is 0 Å². The van der Waals surface area contributed by atoms with Gasteiger partial charge in [0.1, 0.15) is 0 Å². The largest absolute Gasteiger partial charge is 0.381 e. The minimum atomic E-state index is 0.354. The van der Waals surface area contributed by atoms with Crippen molar-refractivity contribution in [2.45, 2.75) is 45.0 Å². The fourth-order valence-corrected chi connectivity index (χ4v) is 5.28. The van der Waals surface area contributed by atoms with Crippen LogP contribution in [0.4, 0.5) is 0 Å². The van der Waals surface area contributed by atoms with Crippen molar-refractivity contribution >= 4 is 0 Å². The lowest BCUT2D eigenvalue weighted by atomic mass is 9.71. The Labute approximate surface area is 139 Å². The molecule has 1 aliphatic carbocycles. The van der Waals surface area contributed by atoms with Crippen LogP contribution in [0.1, 0.15) is 31.7 Å². The van der Waals surface area contributed by atoms with Crippen LogP contribution < -0.4 is 0 Å². The highest BCUT2D eigenvalue weighted by Crippen LogP contribution is 2.57. The number of nitrogens with zero attached hydrogens (tertiary/aromatic N) is 2. The Hall–Kier alpha value is -1.32. The van der Waals surface area contributed by atoms with Crippen LogP contribution in [-0.2, 0) is 11.3 Å². The molecule has 2 saturated heterocycles. The lowest BCUT2D eigenvalue weighted by Gasteiger charge is -2.35. The minimum absolute atomic E-state index is 0.354. The first kappa shape index (κ1) is 15.2. The van der Waals surface area contributed by atoms with Crippen molar-refractivity contribution in [3.63, 3.8) is 0 Å². The van der Waals surface area contributed by atoms with E-state index in [0.717, 1.165) is 13.0 Å². The summed E-state index contributed by atoms with van der Waals surface area (Å²) in [5.74, 6) is 0.650. The van der Waals surface area contributed by atoms with Crippen molar-refractivity contribution in [3.05, 3.63) is 47.7 Å². The standard InChI is InChI=1S/C20H28N2O/c1-20-11-12-22(14-15-7-5-4-6-8-15)19(20)21(2)18-10-9-16(23-3)13-17(18)20/h4-8,10,16-17,19H,9,11-14H2,1-3H3. The van der Waals surface area contributed by atoms with Gasteiger partial charge < -0.3 is 9.64 Å². The summed E-state index contributed by atoms with van der Waals surface area (Å²) < 4.78 is 5.67. The summed E-state index contributed by atoms with van der Waals surface area (Å²) in [7, 11) is 4.16. The first-order chi connectivity index (χ1) is 11.1. The van der Waals surface area contributed by atoms with Crippen LogP contribution >= 0.6 is 0 Å². The average molecular weight is 312 g/mol. The lowest BCUT2D eigenvalue weighted by molar-refractivity contribution is 0.0500. The van der Waals surface area contributed by atoms with E-state index < -0.39 is 0 Å². The molecular weight excluding hydrogens is 284 g/mol. The fraction of sp³-hybridized carbons (Fsp3) is 0.600. The maximum Gasteiger partial charge on any atom is 0.0879 e. The molecule has 3 aliphatic rings. The zero-order valence-corrected chi connectivity index (χ0v) is 14.5. The van der Waals surface area contributed by atoms with Gasteiger partial charge in [-0.05, 0) is 24.8 Å². The zero-order valence-electron chi connectivity index (χ0n) is 14.5. The van der Waals surface area contributed by atoms with Crippen molar-refractivity contribution in [2.75, 3.05) is 20.7 Å². The number of rotatable bonds is 3. The summed E-state index contributed by atoms with van der Waals surface area (Å²) in [6, 6.07) is 10.9. The third-order valence-corrected chi connectivity index (χ3v) is 6.45. The fourth-order valence-electron chi connectivity index (χ4n) is 5.28. The second kappa shape index (κ2) is 5.64. The average Bonchev–Trinajstić information content (AvgIpc) is 3.02. The molecule has 4 atom stereocenters. The summed E-state index contributed by atoms with van der Waals surface area (Å²) in [5.41, 5.74) is 3.33. The van der Waals surface area contributed by atoms with Gasteiger partial charge in [-0.1, -0.05) is 43.3 Å². The van der Waals surface area contributed by atoms with Crippen LogP contribution in [0.15, 0.2) is 42.1 Å². The van der Waals surface area contributed by atoms with E-state index in [2.05, 4.69) is 60.2 Å². The van der Waals surface area contributed by atoms with Crippen LogP contribution in [-0.4, -0.2) is 42.8 Å². The molecule has 0 aromatic heterocycles. The van der Waals surface area contributed by atoms with Gasteiger partial charge in [0.2, 0.25) is 0 Å². The molecule has 3 heteroatoms. The van der Waals surface area contributed by atoms with E-state index in [1.54, 1.807) is 5.70 Å². The van der Waals surface area contributed by atoms with E-state index in [4.69, 9.17) is 4.74 Å². The molecule has 0 N–H and O–H groups in total. The highest BCUT2D eigenvalue weighted by atomic mass is 16.5. The normalized spacial score (nSPS) is 36.7. The van der Waals surface area contributed by atoms with Crippen molar-refractivity contribution in [3.8, 4) is 0 Å². The van der Waals surface area contributed by atoms with E-state index in [1.807, 2.05) is 7.11 Å². The number of benzene rings is 1. The Morgan fingerprint density at radius 3 is 2.78 bits per heavy atom. The van der Waals surface area contributed by atoms with Crippen LogP contribution in [0, 0.1) is 11.3 Å². The smallest absolute Gasteiger partial charge is 0.0879 e. The number of hydrogen-bond acceptors (Lipinski definition) is 3. The molecule has 4 rings (SSSR count). The second-order valence-electron chi connectivity index (χ2n) is 7.71. The summed E-state index contributed by atoms with van der Waals surface area (Å²) in [6.45, 7) is 4.75. The summed E-state index contributed by atoms with van der Waals surface area (Å²) >= 11 is 0. The van der Waals surface area contributed by atoms with Gasteiger partial charge in [-0.3, -0.25) is 4.90 Å². The number of likely N-dealkylation sites (tertiary alicyclic amines) is 2. The SMILES string of the molecule is COC1CC=C2C(C1)C1(C)CCN(Cc3ccccc3)C1N2C. The molecule has 0 amide bonds. The number of fused-ring (bicyclic) bond motifs is 3. The molecule has 2 heterocycles. The molecule has 1 aromatic rings. The van der Waals surface area contributed by atoms with Gasteiger partial charge in [0.05, 0.1) is 12.3 Å². The molecular formula is C20H28N2O. The van der Waals surface area contributed by atoms with Crippen molar-refractivity contribution < 1.29 is 4.74 Å². The predicted octanol–water partition coefficient (Wildman–Crippen LogP) is 3.48. The van der Waals surface area contributed by atoms with Crippen LogP contribution in [0.2, 0.25) is 0 Å². The van der Waals surface area contributed by atoms with Crippen LogP contribution in [0.25, 0.3) is 0 Å². The Morgan fingerprint density at radius 1 is 1.26 bits per heavy atom. The zero-order chi connectivity index (χ0) is 16.0. The van der Waals surface area contributed by atoms with Crippen molar-refractivity contribution in [1.29, 1.82) is 0 Å². The van der Waals surface area contributed by atoms with E-state index in [-0.39, 0.29) is 0 Å². The first-order valence-electron chi connectivity index (χ1n) is 8.87. The highest BCUT2D eigenvalue weighted by molar-refractivity contribution is 5.26. The van der Waals surface area contributed by atoms with Crippen molar-refractivity contribution in [2.24, 2.45) is 11.3 Å². The topological polar surface area (TPSA) is 15.7 Å². The molecule has 1 aromatic carbocycles. The van der Waals surface area contributed by atoms with E-state index in [0.29, 0.717) is 23.6 Å². The number of methoxy groups -OCH3 is 1. The Morgan fingerprint density at radius 2 is 2.04 bits per heavy atom. The van der Waals surface area contributed by atoms with Gasteiger partial charge in [-0.2, -0.15) is 0 Å². The second-order valence-corrected chi connectivity index (χ2v) is 7.71. The highest BCUT2D eigenvalue weighted by Gasteiger charge is 2.58. The maximum absolute atomic E-state index is 5.67. The molecule has 23 heavy (non-hydrogen) atoms. The van der Waals surface area contributed by atoms with Gasteiger partial charge >= 0.3 is 0 Å². The molecule has 4 unspecified atom stereocenters. The Balaban J connectivity index is 1.60. The predicted molar refractivity (Wildman–Crippen MR) is 92.7 cm³/mol. The number of allylic oxidation sites excluding steroid dienone is 1. The molecule has 0 bridgehead atoms. The van der Waals surface area contributed by atoms with Gasteiger partial charge in [0.25, 0.3) is 0 Å². The van der Waals surface area contributed by atoms with Gasteiger partial charge in [0, 0.05) is 44.3 Å². The molecule has 0 saturated carbocycles. The van der Waals surface area contributed by atoms with Gasteiger partial charge in [0.15, 0.2) is 0 Å². The summed E-state index contributed by atoms with van der Waals surface area (Å²) in [4.78, 5) is 5.24.